The lowest BCUT2D eigenvalue weighted by Gasteiger charge is -2.25. The second-order valence-corrected chi connectivity index (χ2v) is 6.16. The minimum Gasteiger partial charge on any atom is -0.507 e. The molecular formula is C18H26O4. The minimum absolute atomic E-state index is 0.0261. The molecule has 0 heterocycles. The van der Waals surface area contributed by atoms with E-state index in [4.69, 9.17) is 9.84 Å². The molecule has 1 atom stereocenters. The quantitative estimate of drug-likeness (QED) is 0.749. The van der Waals surface area contributed by atoms with Crippen LogP contribution in [0, 0.1) is 26.2 Å². The highest BCUT2D eigenvalue weighted by molar-refractivity contribution is 5.68. The number of aliphatic carboxylic acids is 1. The van der Waals surface area contributed by atoms with E-state index >= 15 is 0 Å². The Kier molecular flexibility index (Phi) is 5.64. The Morgan fingerprint density at radius 1 is 1.27 bits per heavy atom. The lowest BCUT2D eigenvalue weighted by molar-refractivity contribution is -0.138. The summed E-state index contributed by atoms with van der Waals surface area (Å²) in [6, 6.07) is 0. The van der Waals surface area contributed by atoms with E-state index in [1.165, 1.54) is 0 Å². The smallest absolute Gasteiger partial charge is 0.304 e. The third-order valence-corrected chi connectivity index (χ3v) is 4.54. The van der Waals surface area contributed by atoms with Crippen molar-refractivity contribution >= 4 is 5.97 Å². The zero-order valence-electron chi connectivity index (χ0n) is 14.1. The van der Waals surface area contributed by atoms with Crippen LogP contribution in [0.4, 0.5) is 0 Å². The number of hydrogen-bond acceptors (Lipinski definition) is 3. The van der Waals surface area contributed by atoms with Crippen LogP contribution < -0.4 is 4.74 Å². The fraction of sp³-hybridized carbons (Fsp3) is 0.500. The van der Waals surface area contributed by atoms with Crippen LogP contribution in [0.3, 0.4) is 0 Å². The summed E-state index contributed by atoms with van der Waals surface area (Å²) in [6.07, 6.45) is 2.89. The van der Waals surface area contributed by atoms with Gasteiger partial charge in [0.1, 0.15) is 11.5 Å². The summed E-state index contributed by atoms with van der Waals surface area (Å²) >= 11 is 0. The lowest BCUT2D eigenvalue weighted by atomic mass is 9.80. The summed E-state index contributed by atoms with van der Waals surface area (Å²) in [4.78, 5) is 11.0. The fourth-order valence-corrected chi connectivity index (χ4v) is 2.80. The Hall–Kier alpha value is -1.97. The maximum absolute atomic E-state index is 11.0. The van der Waals surface area contributed by atoms with Gasteiger partial charge in [-0.1, -0.05) is 13.0 Å². The van der Waals surface area contributed by atoms with Gasteiger partial charge in [0.2, 0.25) is 0 Å². The Morgan fingerprint density at radius 3 is 2.32 bits per heavy atom. The molecule has 2 N–H and O–H groups in total. The van der Waals surface area contributed by atoms with Crippen LogP contribution in [0.2, 0.25) is 0 Å². The second kappa shape index (κ2) is 6.86. The van der Waals surface area contributed by atoms with Crippen molar-refractivity contribution in [2.45, 2.75) is 47.0 Å². The first-order chi connectivity index (χ1) is 10.2. The van der Waals surface area contributed by atoms with Gasteiger partial charge in [-0.25, -0.2) is 0 Å². The topological polar surface area (TPSA) is 66.8 Å². The van der Waals surface area contributed by atoms with E-state index in [0.717, 1.165) is 28.0 Å². The van der Waals surface area contributed by atoms with E-state index in [2.05, 4.69) is 6.58 Å². The number of methoxy groups -OCH3 is 1. The maximum Gasteiger partial charge on any atom is 0.304 e. The Morgan fingerprint density at radius 2 is 1.86 bits per heavy atom. The number of benzene rings is 1. The predicted octanol–water partition coefficient (Wildman–Crippen LogP) is 3.93. The maximum atomic E-state index is 11.0. The molecule has 0 spiro atoms. The van der Waals surface area contributed by atoms with Gasteiger partial charge >= 0.3 is 5.97 Å². The third kappa shape index (κ3) is 3.62. The number of ether oxygens (including phenoxy) is 1. The molecule has 1 unspecified atom stereocenters. The molecule has 0 aliphatic heterocycles. The van der Waals surface area contributed by atoms with E-state index in [1.807, 2.05) is 27.7 Å². The van der Waals surface area contributed by atoms with Crippen LogP contribution in [-0.2, 0) is 11.2 Å². The SMILES string of the molecule is C=CC(C)(CCc1c(C)c(OC)c(C)c(C)c1O)CC(=O)O. The second-order valence-electron chi connectivity index (χ2n) is 6.16. The molecule has 0 aromatic heterocycles. The van der Waals surface area contributed by atoms with Crippen LogP contribution in [0.1, 0.15) is 42.0 Å². The van der Waals surface area contributed by atoms with Gasteiger partial charge in [0.15, 0.2) is 0 Å². The molecule has 4 nitrogen and oxygen atoms in total. The highest BCUT2D eigenvalue weighted by atomic mass is 16.5. The van der Waals surface area contributed by atoms with Crippen LogP contribution >= 0.6 is 0 Å². The summed E-state index contributed by atoms with van der Waals surface area (Å²) in [6.45, 7) is 11.3. The van der Waals surface area contributed by atoms with Gasteiger partial charge in [-0.15, -0.1) is 6.58 Å². The highest BCUT2D eigenvalue weighted by Crippen LogP contribution is 2.39. The van der Waals surface area contributed by atoms with E-state index in [1.54, 1.807) is 13.2 Å². The van der Waals surface area contributed by atoms with Crippen LogP contribution in [0.25, 0.3) is 0 Å². The molecule has 0 fully saturated rings. The van der Waals surface area contributed by atoms with Crippen LogP contribution in [0.5, 0.6) is 11.5 Å². The largest absolute Gasteiger partial charge is 0.507 e. The normalized spacial score (nSPS) is 13.5. The molecule has 0 saturated heterocycles. The van der Waals surface area contributed by atoms with Gasteiger partial charge in [-0.2, -0.15) is 0 Å². The van der Waals surface area contributed by atoms with Crippen molar-refractivity contribution in [2.75, 3.05) is 7.11 Å². The number of allylic oxidation sites excluding steroid dienone is 1. The van der Waals surface area contributed by atoms with Gasteiger partial charge in [-0.05, 0) is 55.7 Å². The minimum atomic E-state index is -0.846. The number of carboxylic acids is 1. The molecule has 22 heavy (non-hydrogen) atoms. The third-order valence-electron chi connectivity index (χ3n) is 4.54. The molecule has 0 radical (unpaired) electrons. The highest BCUT2D eigenvalue weighted by Gasteiger charge is 2.26. The van der Waals surface area contributed by atoms with Crippen molar-refractivity contribution in [3.63, 3.8) is 0 Å². The number of phenolic OH excluding ortho intramolecular Hbond substituents is 1. The van der Waals surface area contributed by atoms with Gasteiger partial charge in [0.25, 0.3) is 0 Å². The van der Waals surface area contributed by atoms with Gasteiger partial charge < -0.3 is 14.9 Å². The monoisotopic (exact) mass is 306 g/mol. The first kappa shape index (κ1) is 18.1. The van der Waals surface area contributed by atoms with Gasteiger partial charge in [0, 0.05) is 5.56 Å². The lowest BCUT2D eigenvalue weighted by Crippen LogP contribution is -2.19. The molecular weight excluding hydrogens is 280 g/mol. The number of aromatic hydroxyl groups is 1. The van der Waals surface area contributed by atoms with Crippen LogP contribution in [0.15, 0.2) is 12.7 Å². The zero-order chi connectivity index (χ0) is 17.1. The molecule has 1 aromatic rings. The number of hydrogen-bond donors (Lipinski definition) is 2. The Bertz CT molecular complexity index is 589. The zero-order valence-corrected chi connectivity index (χ0v) is 14.1. The Labute approximate surface area is 132 Å². The molecule has 0 aliphatic carbocycles. The molecule has 0 saturated carbocycles. The standard InChI is InChI=1S/C18H26O4/c1-7-18(5,10-15(19)20)9-8-14-13(4)17(22-6)12(3)11(2)16(14)21/h7,21H,1,8-10H2,2-6H3,(H,19,20). The van der Waals surface area contributed by atoms with Crippen LogP contribution in [-0.4, -0.2) is 23.3 Å². The number of phenols is 1. The number of carbonyl (C=O) groups is 1. The van der Waals surface area contributed by atoms with E-state index < -0.39 is 11.4 Å². The molecule has 1 rings (SSSR count). The van der Waals surface area contributed by atoms with Crippen molar-refractivity contribution in [1.82, 2.24) is 0 Å². The first-order valence-electron chi connectivity index (χ1n) is 7.37. The molecule has 0 amide bonds. The van der Waals surface area contributed by atoms with Crippen molar-refractivity contribution in [2.24, 2.45) is 5.41 Å². The van der Waals surface area contributed by atoms with E-state index in [-0.39, 0.29) is 12.2 Å². The van der Waals surface area contributed by atoms with Crippen molar-refractivity contribution in [3.8, 4) is 11.5 Å². The first-order valence-corrected chi connectivity index (χ1v) is 7.37. The molecule has 1 aromatic carbocycles. The molecule has 4 heteroatoms. The van der Waals surface area contributed by atoms with Crippen molar-refractivity contribution < 1.29 is 19.7 Å². The van der Waals surface area contributed by atoms with Crippen molar-refractivity contribution in [1.29, 1.82) is 0 Å². The Balaban J connectivity index is 3.16. The predicted molar refractivity (Wildman–Crippen MR) is 87.7 cm³/mol. The van der Waals surface area contributed by atoms with Crippen molar-refractivity contribution in [3.05, 3.63) is 34.9 Å². The molecule has 0 bridgehead atoms. The summed E-state index contributed by atoms with van der Waals surface area (Å²) in [5.41, 5.74) is 2.95. The fourth-order valence-electron chi connectivity index (χ4n) is 2.80. The van der Waals surface area contributed by atoms with E-state index in [9.17, 15) is 9.90 Å². The summed E-state index contributed by atoms with van der Waals surface area (Å²) in [5, 5.41) is 19.5. The number of carboxylic acid groups (broad SMARTS) is 1. The summed E-state index contributed by atoms with van der Waals surface area (Å²) < 4.78 is 5.45. The number of rotatable bonds is 7. The summed E-state index contributed by atoms with van der Waals surface area (Å²) in [5.74, 6) is 0.211. The molecule has 0 aliphatic rings. The average molecular weight is 306 g/mol. The summed E-state index contributed by atoms with van der Waals surface area (Å²) in [7, 11) is 1.62. The van der Waals surface area contributed by atoms with Gasteiger partial charge in [-0.3, -0.25) is 4.79 Å². The van der Waals surface area contributed by atoms with E-state index in [0.29, 0.717) is 12.8 Å². The molecule has 122 valence electrons. The van der Waals surface area contributed by atoms with Gasteiger partial charge in [0.05, 0.1) is 13.5 Å². The average Bonchev–Trinajstić information content (AvgIpc) is 2.45.